The molecule has 1 fully saturated rings. The van der Waals surface area contributed by atoms with E-state index in [9.17, 15) is 4.79 Å². The van der Waals surface area contributed by atoms with Crippen molar-refractivity contribution in [3.05, 3.63) is 0 Å². The number of methoxy groups -OCH3 is 1. The van der Waals surface area contributed by atoms with Crippen molar-refractivity contribution in [2.24, 2.45) is 5.41 Å². The van der Waals surface area contributed by atoms with Gasteiger partial charge in [-0.25, -0.2) is 4.79 Å². The summed E-state index contributed by atoms with van der Waals surface area (Å²) >= 11 is 0. The summed E-state index contributed by atoms with van der Waals surface area (Å²) in [5.41, 5.74) is -0.213. The first-order valence-electron chi connectivity index (χ1n) is 6.54. The molecule has 0 heterocycles. The molecular formula is C13H26N2O3. The minimum absolute atomic E-state index is 0.0565. The Morgan fingerprint density at radius 2 is 2.06 bits per heavy atom. The molecular weight excluding hydrogens is 232 g/mol. The van der Waals surface area contributed by atoms with E-state index in [1.54, 1.807) is 7.11 Å². The molecule has 0 aromatic rings. The van der Waals surface area contributed by atoms with Crippen molar-refractivity contribution < 1.29 is 14.3 Å². The van der Waals surface area contributed by atoms with Crippen LogP contribution in [-0.4, -0.2) is 44.5 Å². The van der Waals surface area contributed by atoms with E-state index < -0.39 is 0 Å². The first-order valence-corrected chi connectivity index (χ1v) is 6.54. The van der Waals surface area contributed by atoms with Crippen LogP contribution >= 0.6 is 0 Å². The smallest absolute Gasteiger partial charge is 0.315 e. The maximum Gasteiger partial charge on any atom is 0.315 e. The highest BCUT2D eigenvalue weighted by Gasteiger charge is 2.58. The van der Waals surface area contributed by atoms with Gasteiger partial charge in [0.1, 0.15) is 0 Å². The van der Waals surface area contributed by atoms with Gasteiger partial charge in [0, 0.05) is 31.7 Å². The number of carbonyl (C=O) groups is 1. The molecule has 1 aliphatic carbocycles. The summed E-state index contributed by atoms with van der Waals surface area (Å²) in [6.07, 6.45) is 0.843. The van der Waals surface area contributed by atoms with Crippen molar-refractivity contribution in [1.29, 1.82) is 0 Å². The number of carbonyl (C=O) groups excluding carboxylic acids is 1. The molecule has 2 amide bonds. The summed E-state index contributed by atoms with van der Waals surface area (Å²) < 4.78 is 10.7. The second kappa shape index (κ2) is 5.89. The second-order valence-electron chi connectivity index (χ2n) is 5.51. The predicted octanol–water partition coefficient (Wildman–Crippen LogP) is 1.53. The lowest BCUT2D eigenvalue weighted by molar-refractivity contribution is -0.177. The zero-order valence-electron chi connectivity index (χ0n) is 12.1. The monoisotopic (exact) mass is 258 g/mol. The van der Waals surface area contributed by atoms with Crippen LogP contribution in [0.25, 0.3) is 0 Å². The highest BCUT2D eigenvalue weighted by Crippen LogP contribution is 2.51. The van der Waals surface area contributed by atoms with Crippen molar-refractivity contribution in [2.75, 3.05) is 26.9 Å². The largest absolute Gasteiger partial charge is 0.380 e. The van der Waals surface area contributed by atoms with Crippen LogP contribution in [0.4, 0.5) is 4.79 Å². The lowest BCUT2D eigenvalue weighted by Crippen LogP contribution is -2.69. The van der Waals surface area contributed by atoms with Crippen molar-refractivity contribution in [1.82, 2.24) is 10.6 Å². The predicted molar refractivity (Wildman–Crippen MR) is 70.6 cm³/mol. The number of nitrogens with one attached hydrogen (secondary N) is 2. The van der Waals surface area contributed by atoms with E-state index in [-0.39, 0.29) is 23.1 Å². The maximum atomic E-state index is 11.7. The molecule has 0 aliphatic heterocycles. The van der Waals surface area contributed by atoms with E-state index in [4.69, 9.17) is 9.47 Å². The van der Waals surface area contributed by atoms with Crippen LogP contribution in [-0.2, 0) is 9.47 Å². The minimum atomic E-state index is -0.156. The summed E-state index contributed by atoms with van der Waals surface area (Å²) in [5, 5.41) is 5.77. The molecule has 5 heteroatoms. The van der Waals surface area contributed by atoms with Gasteiger partial charge in [-0.3, -0.25) is 0 Å². The number of ether oxygens (including phenoxy) is 2. The summed E-state index contributed by atoms with van der Waals surface area (Å²) in [6, 6.07) is 0.0143. The Bertz CT molecular complexity index is 294. The van der Waals surface area contributed by atoms with Gasteiger partial charge in [0.25, 0.3) is 0 Å². The van der Waals surface area contributed by atoms with E-state index in [1.807, 2.05) is 6.92 Å². The third-order valence-corrected chi connectivity index (χ3v) is 4.32. The molecule has 0 unspecified atom stereocenters. The molecule has 1 aliphatic rings. The van der Waals surface area contributed by atoms with Crippen LogP contribution in [0.3, 0.4) is 0 Å². The third-order valence-electron chi connectivity index (χ3n) is 4.32. The first-order chi connectivity index (χ1) is 8.37. The van der Waals surface area contributed by atoms with Crippen LogP contribution in [0.1, 0.15) is 34.1 Å². The number of amides is 2. The van der Waals surface area contributed by atoms with Crippen molar-refractivity contribution >= 4 is 6.03 Å². The van der Waals surface area contributed by atoms with Gasteiger partial charge in [0.2, 0.25) is 0 Å². The molecule has 0 spiro atoms. The maximum absolute atomic E-state index is 11.7. The van der Waals surface area contributed by atoms with Crippen molar-refractivity contribution in [2.45, 2.75) is 45.8 Å². The fourth-order valence-corrected chi connectivity index (χ4v) is 2.31. The summed E-state index contributed by atoms with van der Waals surface area (Å²) in [6.45, 7) is 10.0. The Hall–Kier alpha value is -0.810. The Morgan fingerprint density at radius 1 is 1.39 bits per heavy atom. The Morgan fingerprint density at radius 3 is 2.56 bits per heavy atom. The lowest BCUT2D eigenvalue weighted by Gasteiger charge is -2.59. The Balaban J connectivity index is 2.30. The molecule has 0 radical (unpaired) electrons. The summed E-state index contributed by atoms with van der Waals surface area (Å²) in [5.74, 6) is 0. The molecule has 1 rings (SSSR count). The average Bonchev–Trinajstić information content (AvgIpc) is 2.33. The van der Waals surface area contributed by atoms with Gasteiger partial charge in [-0.05, 0) is 20.3 Å². The van der Waals surface area contributed by atoms with Crippen LogP contribution < -0.4 is 10.6 Å². The molecule has 106 valence electrons. The molecule has 5 nitrogen and oxygen atoms in total. The Labute approximate surface area is 110 Å². The van der Waals surface area contributed by atoms with Crippen LogP contribution in [0, 0.1) is 5.41 Å². The van der Waals surface area contributed by atoms with Gasteiger partial charge in [-0.15, -0.1) is 0 Å². The van der Waals surface area contributed by atoms with Crippen LogP contribution in [0.2, 0.25) is 0 Å². The minimum Gasteiger partial charge on any atom is -0.380 e. The van der Waals surface area contributed by atoms with E-state index in [0.717, 1.165) is 6.42 Å². The van der Waals surface area contributed by atoms with Gasteiger partial charge in [-0.2, -0.15) is 0 Å². The number of hydrogen-bond donors (Lipinski definition) is 2. The van der Waals surface area contributed by atoms with Gasteiger partial charge >= 0.3 is 6.03 Å². The number of urea groups is 1. The van der Waals surface area contributed by atoms with Gasteiger partial charge in [0.05, 0.1) is 12.2 Å². The molecule has 0 bridgehead atoms. The standard InChI is InChI=1S/C13H26N2O3/c1-6-18-8-7-14-11(16)15-10-9-13(4,17-5)12(10,2)3/h10H,6-9H2,1-5H3,(H2,14,15,16)/t10-,13+/m0/s1. The summed E-state index contributed by atoms with van der Waals surface area (Å²) in [4.78, 5) is 11.7. The lowest BCUT2D eigenvalue weighted by atomic mass is 9.56. The fourth-order valence-electron chi connectivity index (χ4n) is 2.31. The highest BCUT2D eigenvalue weighted by molar-refractivity contribution is 5.74. The number of rotatable bonds is 6. The quantitative estimate of drug-likeness (QED) is 0.710. The van der Waals surface area contributed by atoms with Crippen molar-refractivity contribution in [3.8, 4) is 0 Å². The molecule has 2 N–H and O–H groups in total. The highest BCUT2D eigenvalue weighted by atomic mass is 16.5. The van der Waals surface area contributed by atoms with Crippen LogP contribution in [0.5, 0.6) is 0 Å². The zero-order chi connectivity index (χ0) is 13.8. The molecule has 0 aromatic heterocycles. The van der Waals surface area contributed by atoms with Gasteiger partial charge in [-0.1, -0.05) is 13.8 Å². The van der Waals surface area contributed by atoms with Crippen molar-refractivity contribution in [3.63, 3.8) is 0 Å². The van der Waals surface area contributed by atoms with Gasteiger partial charge < -0.3 is 20.1 Å². The summed E-state index contributed by atoms with van der Waals surface area (Å²) in [7, 11) is 1.72. The molecule has 18 heavy (non-hydrogen) atoms. The average molecular weight is 258 g/mol. The SMILES string of the molecule is CCOCCNC(=O)N[C@H]1C[C@@](C)(OC)C1(C)C. The molecule has 1 saturated carbocycles. The van der Waals surface area contributed by atoms with Gasteiger partial charge in [0.15, 0.2) is 0 Å². The van der Waals surface area contributed by atoms with E-state index in [2.05, 4.69) is 31.4 Å². The fraction of sp³-hybridized carbons (Fsp3) is 0.923. The number of hydrogen-bond acceptors (Lipinski definition) is 3. The first kappa shape index (κ1) is 15.2. The zero-order valence-corrected chi connectivity index (χ0v) is 12.1. The van der Waals surface area contributed by atoms with Crippen LogP contribution in [0.15, 0.2) is 0 Å². The van der Waals surface area contributed by atoms with E-state index in [1.165, 1.54) is 0 Å². The molecule has 2 atom stereocenters. The molecule has 0 saturated heterocycles. The Kier molecular flexibility index (Phi) is 4.99. The second-order valence-corrected chi connectivity index (χ2v) is 5.51. The van der Waals surface area contributed by atoms with E-state index >= 15 is 0 Å². The topological polar surface area (TPSA) is 59.6 Å². The normalized spacial score (nSPS) is 29.5. The van der Waals surface area contributed by atoms with E-state index in [0.29, 0.717) is 19.8 Å². The molecule has 0 aromatic carbocycles. The third kappa shape index (κ3) is 2.95.